The predicted molar refractivity (Wildman–Crippen MR) is 118 cm³/mol. The molecule has 1 aromatic heterocycles. The van der Waals surface area contributed by atoms with E-state index in [1.54, 1.807) is 7.11 Å². The molecule has 2 heterocycles. The van der Waals surface area contributed by atoms with Crippen LogP contribution in [0.4, 0.5) is 0 Å². The van der Waals surface area contributed by atoms with Crippen molar-refractivity contribution in [1.29, 1.82) is 0 Å². The lowest BCUT2D eigenvalue weighted by Crippen LogP contribution is -2.33. The van der Waals surface area contributed by atoms with Crippen molar-refractivity contribution in [2.75, 3.05) is 26.8 Å². The minimum absolute atomic E-state index is 0.475. The van der Waals surface area contributed by atoms with Crippen molar-refractivity contribution >= 4 is 11.9 Å². The van der Waals surface area contributed by atoms with Gasteiger partial charge in [0.15, 0.2) is 17.2 Å². The Morgan fingerprint density at radius 1 is 1.09 bits per heavy atom. The molecule has 0 unspecified atom stereocenters. The third-order valence-electron chi connectivity index (χ3n) is 4.48. The number of methoxy groups -OCH3 is 1. The van der Waals surface area contributed by atoms with Crippen LogP contribution in [0.2, 0.25) is 0 Å². The molecule has 2 aromatic rings. The first kappa shape index (κ1) is 24.7. The van der Waals surface area contributed by atoms with Crippen molar-refractivity contribution in [2.45, 2.75) is 19.8 Å². The highest BCUT2D eigenvalue weighted by Crippen LogP contribution is 2.35. The van der Waals surface area contributed by atoms with Gasteiger partial charge in [-0.15, -0.1) is 0 Å². The van der Waals surface area contributed by atoms with E-state index < -0.39 is 11.9 Å². The molecule has 1 saturated heterocycles. The van der Waals surface area contributed by atoms with Crippen LogP contribution in [-0.2, 0) is 9.59 Å². The van der Waals surface area contributed by atoms with Gasteiger partial charge in [-0.1, -0.05) is 12.1 Å². The Kier molecular flexibility index (Phi) is 9.99. The summed E-state index contributed by atoms with van der Waals surface area (Å²) < 4.78 is 17.3. The molecule has 0 aliphatic carbocycles. The Morgan fingerprint density at radius 2 is 1.78 bits per heavy atom. The number of pyridine rings is 1. The predicted octanol–water partition coefficient (Wildman–Crippen LogP) is 3.28. The van der Waals surface area contributed by atoms with Gasteiger partial charge in [0.1, 0.15) is 0 Å². The molecule has 1 aliphatic rings. The van der Waals surface area contributed by atoms with Crippen molar-refractivity contribution in [1.82, 2.24) is 10.3 Å². The number of aromatic nitrogens is 1. The summed E-state index contributed by atoms with van der Waals surface area (Å²) in [6.07, 6.45) is 3.50. The maximum absolute atomic E-state index is 9.55. The van der Waals surface area contributed by atoms with E-state index in [1.807, 2.05) is 43.3 Å². The van der Waals surface area contributed by atoms with Gasteiger partial charge in [-0.2, -0.15) is 0 Å². The average molecular weight is 444 g/mol. The number of nitrogens with zero attached hydrogens (tertiary/aromatic N) is 1. The molecular weight excluding hydrogens is 416 g/mol. The lowest BCUT2D eigenvalue weighted by Gasteiger charge is -2.23. The van der Waals surface area contributed by atoms with E-state index in [0.29, 0.717) is 47.8 Å². The van der Waals surface area contributed by atoms with Gasteiger partial charge in [-0.3, -0.25) is 0 Å². The SMILES string of the molecule is COc1ccccc1Oc1nc(C)ccc1OC[C@H]1CCCNC1.O=C(O)/C=C/C(=O)O. The second-order valence-electron chi connectivity index (χ2n) is 7.04. The largest absolute Gasteiger partial charge is 0.493 e. The van der Waals surface area contributed by atoms with E-state index in [0.717, 1.165) is 18.8 Å². The van der Waals surface area contributed by atoms with Crippen LogP contribution in [0.3, 0.4) is 0 Å². The van der Waals surface area contributed by atoms with Crippen molar-refractivity contribution in [2.24, 2.45) is 5.92 Å². The molecule has 0 amide bonds. The van der Waals surface area contributed by atoms with Gasteiger partial charge in [0, 0.05) is 30.3 Å². The number of ether oxygens (including phenoxy) is 3. The van der Waals surface area contributed by atoms with Gasteiger partial charge in [0.05, 0.1) is 13.7 Å². The highest BCUT2D eigenvalue weighted by molar-refractivity contribution is 5.89. The number of piperidine rings is 1. The number of carboxylic acids is 2. The molecule has 3 rings (SSSR count). The Balaban J connectivity index is 0.000000390. The van der Waals surface area contributed by atoms with Crippen LogP contribution in [-0.4, -0.2) is 53.9 Å². The summed E-state index contributed by atoms with van der Waals surface area (Å²) in [6, 6.07) is 11.4. The maximum Gasteiger partial charge on any atom is 0.328 e. The summed E-state index contributed by atoms with van der Waals surface area (Å²) in [5.74, 6) is 0.449. The molecule has 0 bridgehead atoms. The highest BCUT2D eigenvalue weighted by atomic mass is 16.5. The Labute approximate surface area is 186 Å². The summed E-state index contributed by atoms with van der Waals surface area (Å²) in [6.45, 7) is 4.71. The van der Waals surface area contributed by atoms with E-state index in [9.17, 15) is 9.59 Å². The van der Waals surface area contributed by atoms with Crippen molar-refractivity contribution < 1.29 is 34.0 Å². The fourth-order valence-electron chi connectivity index (χ4n) is 2.93. The smallest absolute Gasteiger partial charge is 0.328 e. The third kappa shape index (κ3) is 8.65. The number of nitrogens with one attached hydrogen (secondary N) is 1. The monoisotopic (exact) mass is 444 g/mol. The number of para-hydroxylation sites is 2. The van der Waals surface area contributed by atoms with Crippen LogP contribution < -0.4 is 19.5 Å². The van der Waals surface area contributed by atoms with Crippen LogP contribution in [0.5, 0.6) is 23.1 Å². The molecule has 1 aromatic carbocycles. The van der Waals surface area contributed by atoms with Crippen molar-refractivity contribution in [3.8, 4) is 23.1 Å². The number of aliphatic carboxylic acids is 2. The summed E-state index contributed by atoms with van der Waals surface area (Å²) in [5, 5.41) is 19.0. The number of carbonyl (C=O) groups is 2. The molecule has 1 fully saturated rings. The Bertz CT molecular complexity index is 908. The fourth-order valence-corrected chi connectivity index (χ4v) is 2.93. The lowest BCUT2D eigenvalue weighted by atomic mass is 10.0. The van der Waals surface area contributed by atoms with E-state index >= 15 is 0 Å². The lowest BCUT2D eigenvalue weighted by molar-refractivity contribution is -0.134. The van der Waals surface area contributed by atoms with E-state index in [2.05, 4.69) is 10.3 Å². The number of rotatable bonds is 8. The molecular formula is C23H28N2O7. The van der Waals surface area contributed by atoms with E-state index in [1.165, 1.54) is 12.8 Å². The average Bonchev–Trinajstić information content (AvgIpc) is 2.79. The Morgan fingerprint density at radius 3 is 2.38 bits per heavy atom. The first-order valence-corrected chi connectivity index (χ1v) is 10.1. The summed E-state index contributed by atoms with van der Waals surface area (Å²) in [7, 11) is 1.62. The highest BCUT2D eigenvalue weighted by Gasteiger charge is 2.16. The molecule has 0 saturated carbocycles. The number of carboxylic acid groups (broad SMARTS) is 2. The molecule has 0 spiro atoms. The minimum Gasteiger partial charge on any atom is -0.493 e. The van der Waals surface area contributed by atoms with Gasteiger partial charge >= 0.3 is 11.9 Å². The maximum atomic E-state index is 9.55. The van der Waals surface area contributed by atoms with Gasteiger partial charge in [0.2, 0.25) is 0 Å². The summed E-state index contributed by atoms with van der Waals surface area (Å²) in [5.41, 5.74) is 0.881. The van der Waals surface area contributed by atoms with Gasteiger partial charge in [-0.05, 0) is 50.6 Å². The van der Waals surface area contributed by atoms with E-state index in [-0.39, 0.29) is 0 Å². The zero-order valence-corrected chi connectivity index (χ0v) is 18.1. The first-order valence-electron chi connectivity index (χ1n) is 10.1. The topological polar surface area (TPSA) is 127 Å². The number of hydrogen-bond acceptors (Lipinski definition) is 7. The van der Waals surface area contributed by atoms with Crippen LogP contribution in [0.1, 0.15) is 18.5 Å². The zero-order chi connectivity index (χ0) is 23.3. The first-order chi connectivity index (χ1) is 15.4. The molecule has 1 atom stereocenters. The van der Waals surface area contributed by atoms with Crippen molar-refractivity contribution in [3.63, 3.8) is 0 Å². The van der Waals surface area contributed by atoms with Crippen LogP contribution in [0.25, 0.3) is 0 Å². The molecule has 1 aliphatic heterocycles. The van der Waals surface area contributed by atoms with Crippen molar-refractivity contribution in [3.05, 3.63) is 54.2 Å². The summed E-state index contributed by atoms with van der Waals surface area (Å²) in [4.78, 5) is 23.6. The van der Waals surface area contributed by atoms with Gasteiger partial charge in [0.25, 0.3) is 5.88 Å². The van der Waals surface area contributed by atoms with Crippen LogP contribution >= 0.6 is 0 Å². The van der Waals surface area contributed by atoms with Crippen LogP contribution in [0.15, 0.2) is 48.6 Å². The zero-order valence-electron chi connectivity index (χ0n) is 18.1. The Hall–Kier alpha value is -3.59. The van der Waals surface area contributed by atoms with Gasteiger partial charge < -0.3 is 29.7 Å². The minimum atomic E-state index is -1.26. The molecule has 172 valence electrons. The summed E-state index contributed by atoms with van der Waals surface area (Å²) >= 11 is 0. The third-order valence-corrected chi connectivity index (χ3v) is 4.48. The molecule has 3 N–H and O–H groups in total. The quantitative estimate of drug-likeness (QED) is 0.526. The second kappa shape index (κ2) is 13.0. The number of hydrogen-bond donors (Lipinski definition) is 3. The molecule has 9 nitrogen and oxygen atoms in total. The number of aryl methyl sites for hydroxylation is 1. The molecule has 0 radical (unpaired) electrons. The molecule has 32 heavy (non-hydrogen) atoms. The van der Waals surface area contributed by atoms with E-state index in [4.69, 9.17) is 24.4 Å². The second-order valence-corrected chi connectivity index (χ2v) is 7.04. The van der Waals surface area contributed by atoms with Crippen LogP contribution in [0, 0.1) is 12.8 Å². The number of benzene rings is 1. The normalized spacial score (nSPS) is 15.4. The van der Waals surface area contributed by atoms with Gasteiger partial charge in [-0.25, -0.2) is 14.6 Å². The molecule has 9 heteroatoms. The standard InChI is InChI=1S/C19H24N2O3.C4H4O4/c1-14-9-10-18(23-13-15-6-5-11-20-12-15)19(21-14)24-17-8-4-3-7-16(17)22-2;5-3(6)1-2-4(7)8/h3-4,7-10,15,20H,5-6,11-13H2,1-2H3;1-2H,(H,5,6)(H,7,8)/b;2-1+/t15-;/m0./s1. The fraction of sp³-hybridized carbons (Fsp3) is 0.348.